The Labute approximate surface area is 219 Å². The Balaban J connectivity index is 1.38. The predicted octanol–water partition coefficient (Wildman–Crippen LogP) is 10.9. The first-order valence-corrected chi connectivity index (χ1v) is 13.3. The largest absolute Gasteiger partial charge is 0.0616 e. The number of hydrogen-bond acceptors (Lipinski definition) is 0. The van der Waals surface area contributed by atoms with E-state index in [0.29, 0.717) is 0 Å². The molecule has 9 aromatic rings. The fourth-order valence-electron chi connectivity index (χ4n) is 6.58. The molecule has 0 saturated carbocycles. The van der Waals surface area contributed by atoms with E-state index in [1.807, 2.05) is 0 Å². The van der Waals surface area contributed by atoms with Crippen molar-refractivity contribution in [2.24, 2.45) is 0 Å². The minimum atomic E-state index is 1.29. The van der Waals surface area contributed by atoms with Crippen molar-refractivity contribution in [3.63, 3.8) is 0 Å². The first kappa shape index (κ1) is 20.2. The summed E-state index contributed by atoms with van der Waals surface area (Å²) < 4.78 is 0. The highest BCUT2D eigenvalue weighted by Gasteiger charge is 2.11. The van der Waals surface area contributed by atoms with Gasteiger partial charge in [0.05, 0.1) is 0 Å². The van der Waals surface area contributed by atoms with E-state index in [4.69, 9.17) is 0 Å². The number of benzene rings is 9. The fourth-order valence-corrected chi connectivity index (χ4v) is 6.58. The second-order valence-electron chi connectivity index (χ2n) is 10.6. The van der Waals surface area contributed by atoms with Gasteiger partial charge in [0.2, 0.25) is 0 Å². The minimum Gasteiger partial charge on any atom is -0.0616 e. The van der Waals surface area contributed by atoms with Crippen LogP contribution in [-0.2, 0) is 0 Å². The highest BCUT2D eigenvalue weighted by Crippen LogP contribution is 2.38. The van der Waals surface area contributed by atoms with Crippen molar-refractivity contribution in [1.82, 2.24) is 0 Å². The Morgan fingerprint density at radius 3 is 1.29 bits per heavy atom. The summed E-state index contributed by atoms with van der Waals surface area (Å²) in [6.07, 6.45) is 0. The minimum absolute atomic E-state index is 1.29. The van der Waals surface area contributed by atoms with E-state index in [1.165, 1.54) is 86.2 Å². The molecule has 9 aromatic carbocycles. The van der Waals surface area contributed by atoms with Gasteiger partial charge in [-0.05, 0) is 135 Å². The van der Waals surface area contributed by atoms with Crippen LogP contribution in [0.1, 0.15) is 0 Å². The summed E-state index contributed by atoms with van der Waals surface area (Å²) in [7, 11) is 0. The maximum atomic E-state index is 2.40. The molecule has 0 bridgehead atoms. The van der Waals surface area contributed by atoms with E-state index < -0.39 is 0 Å². The zero-order valence-electron chi connectivity index (χ0n) is 20.7. The van der Waals surface area contributed by atoms with Crippen LogP contribution in [0, 0.1) is 0 Å². The van der Waals surface area contributed by atoms with Crippen molar-refractivity contribution < 1.29 is 0 Å². The molecule has 0 aliphatic heterocycles. The van der Waals surface area contributed by atoms with Gasteiger partial charge in [0.1, 0.15) is 0 Å². The molecular weight excluding hydrogens is 456 g/mol. The van der Waals surface area contributed by atoms with Crippen LogP contribution in [-0.4, -0.2) is 0 Å². The summed E-state index contributed by atoms with van der Waals surface area (Å²) in [6, 6.07) is 49.9. The molecule has 38 heavy (non-hydrogen) atoms. The lowest BCUT2D eigenvalue weighted by Gasteiger charge is -2.13. The predicted molar refractivity (Wildman–Crippen MR) is 166 cm³/mol. The van der Waals surface area contributed by atoms with Crippen molar-refractivity contribution in [3.05, 3.63) is 133 Å². The molecule has 0 radical (unpaired) electrons. The molecule has 9 rings (SSSR count). The lowest BCUT2D eigenvalue weighted by molar-refractivity contribution is 1.78. The van der Waals surface area contributed by atoms with Crippen molar-refractivity contribution >= 4 is 86.2 Å². The first-order valence-electron chi connectivity index (χ1n) is 13.3. The third-order valence-corrected chi connectivity index (χ3v) is 8.46. The molecular formula is C38H22. The molecule has 0 N–H and O–H groups in total. The highest BCUT2D eigenvalue weighted by atomic mass is 14.1. The quantitative estimate of drug-likeness (QED) is 0.150. The Hall–Kier alpha value is -4.94. The average molecular weight is 479 g/mol. The van der Waals surface area contributed by atoms with Crippen LogP contribution >= 0.6 is 0 Å². The average Bonchev–Trinajstić information content (AvgIpc) is 2.96. The van der Waals surface area contributed by atoms with Gasteiger partial charge in [-0.3, -0.25) is 0 Å². The van der Waals surface area contributed by atoms with Gasteiger partial charge in [0.15, 0.2) is 0 Å². The van der Waals surface area contributed by atoms with Gasteiger partial charge in [-0.15, -0.1) is 0 Å². The Morgan fingerprint density at radius 2 is 0.605 bits per heavy atom. The standard InChI is InChI=1S/C38H22/c1-2-7-26-17-31-20-33-22-36-28(18-32(33)19-30(31)16-25(26)6-1)12-14-35-34(36)13-11-23-9-10-29-15-24-5-3-4-8-27(24)21-37(29)38(23)35/h1-22H. The summed E-state index contributed by atoms with van der Waals surface area (Å²) >= 11 is 0. The number of fused-ring (bicyclic) bond motifs is 11. The summed E-state index contributed by atoms with van der Waals surface area (Å²) in [6.45, 7) is 0. The topological polar surface area (TPSA) is 0 Å². The van der Waals surface area contributed by atoms with E-state index >= 15 is 0 Å². The van der Waals surface area contributed by atoms with E-state index in [9.17, 15) is 0 Å². The zero-order valence-corrected chi connectivity index (χ0v) is 20.7. The third kappa shape index (κ3) is 2.80. The van der Waals surface area contributed by atoms with Crippen LogP contribution in [0.25, 0.3) is 86.2 Å². The molecule has 0 aliphatic rings. The molecule has 0 saturated heterocycles. The van der Waals surface area contributed by atoms with Crippen LogP contribution in [0.3, 0.4) is 0 Å². The van der Waals surface area contributed by atoms with E-state index in [-0.39, 0.29) is 0 Å². The molecule has 0 atom stereocenters. The second-order valence-corrected chi connectivity index (χ2v) is 10.6. The monoisotopic (exact) mass is 478 g/mol. The lowest BCUT2D eigenvalue weighted by atomic mass is 9.91. The van der Waals surface area contributed by atoms with Crippen LogP contribution in [0.15, 0.2) is 133 Å². The third-order valence-electron chi connectivity index (χ3n) is 8.46. The molecule has 174 valence electrons. The van der Waals surface area contributed by atoms with E-state index in [2.05, 4.69) is 133 Å². The Morgan fingerprint density at radius 1 is 0.211 bits per heavy atom. The van der Waals surface area contributed by atoms with Gasteiger partial charge in [-0.25, -0.2) is 0 Å². The van der Waals surface area contributed by atoms with Crippen molar-refractivity contribution in [2.45, 2.75) is 0 Å². The molecule has 0 aromatic heterocycles. The summed E-state index contributed by atoms with van der Waals surface area (Å²) in [4.78, 5) is 0. The van der Waals surface area contributed by atoms with Crippen molar-refractivity contribution in [1.29, 1.82) is 0 Å². The molecule has 0 unspecified atom stereocenters. The molecule has 0 spiro atoms. The summed E-state index contributed by atoms with van der Waals surface area (Å²) in [5.74, 6) is 0. The highest BCUT2D eigenvalue weighted by molar-refractivity contribution is 6.26. The Kier molecular flexibility index (Phi) is 3.88. The summed E-state index contributed by atoms with van der Waals surface area (Å²) in [5.41, 5.74) is 0. The van der Waals surface area contributed by atoms with Crippen LogP contribution in [0.4, 0.5) is 0 Å². The fraction of sp³-hybridized carbons (Fsp3) is 0. The Bertz CT molecular complexity index is 2440. The van der Waals surface area contributed by atoms with Crippen LogP contribution < -0.4 is 0 Å². The van der Waals surface area contributed by atoms with Gasteiger partial charge in [-0.1, -0.05) is 84.9 Å². The van der Waals surface area contributed by atoms with Gasteiger partial charge in [0.25, 0.3) is 0 Å². The maximum Gasteiger partial charge on any atom is -0.00264 e. The maximum absolute atomic E-state index is 2.40. The lowest BCUT2D eigenvalue weighted by Crippen LogP contribution is -1.85. The summed E-state index contributed by atoms with van der Waals surface area (Å²) in [5, 5.41) is 20.8. The van der Waals surface area contributed by atoms with Crippen molar-refractivity contribution in [2.75, 3.05) is 0 Å². The molecule has 0 aliphatic carbocycles. The molecule has 0 heterocycles. The van der Waals surface area contributed by atoms with Crippen molar-refractivity contribution in [3.8, 4) is 0 Å². The normalized spacial score (nSPS) is 12.2. The second kappa shape index (κ2) is 7.31. The molecule has 0 fully saturated rings. The zero-order chi connectivity index (χ0) is 24.8. The molecule has 0 heteroatoms. The molecule has 0 amide bonds. The van der Waals surface area contributed by atoms with Gasteiger partial charge in [0, 0.05) is 0 Å². The smallest absolute Gasteiger partial charge is 0.00264 e. The molecule has 0 nitrogen and oxygen atoms in total. The van der Waals surface area contributed by atoms with Gasteiger partial charge < -0.3 is 0 Å². The number of hydrogen-bond donors (Lipinski definition) is 0. The SMILES string of the molecule is c1ccc2cc3cc4cc5c(ccc6c5ccc5ccc7cc8ccccc8cc7c56)cc4cc3cc2c1. The van der Waals surface area contributed by atoms with E-state index in [1.54, 1.807) is 0 Å². The van der Waals surface area contributed by atoms with Gasteiger partial charge >= 0.3 is 0 Å². The number of rotatable bonds is 0. The first-order chi connectivity index (χ1) is 18.8. The van der Waals surface area contributed by atoms with Crippen LogP contribution in [0.5, 0.6) is 0 Å². The van der Waals surface area contributed by atoms with Gasteiger partial charge in [-0.2, -0.15) is 0 Å². The van der Waals surface area contributed by atoms with E-state index in [0.717, 1.165) is 0 Å². The van der Waals surface area contributed by atoms with Crippen LogP contribution in [0.2, 0.25) is 0 Å².